The van der Waals surface area contributed by atoms with Gasteiger partial charge in [0.25, 0.3) is 0 Å². The van der Waals surface area contributed by atoms with Crippen LogP contribution in [-0.2, 0) is 17.7 Å². The van der Waals surface area contributed by atoms with Crippen LogP contribution in [0.25, 0.3) is 0 Å². The van der Waals surface area contributed by atoms with Crippen molar-refractivity contribution in [3.05, 3.63) is 21.9 Å². The fraction of sp³-hybridized carbons (Fsp3) is 0.714. The second-order valence-corrected chi connectivity index (χ2v) is 6.22. The Hall–Kier alpha value is -0.420. The van der Waals surface area contributed by atoms with E-state index in [0.29, 0.717) is 0 Å². The molecule has 0 saturated heterocycles. The summed E-state index contributed by atoms with van der Waals surface area (Å²) in [5, 5.41) is 2.21. The summed E-state index contributed by atoms with van der Waals surface area (Å²) in [5.74, 6) is 0. The molecule has 0 saturated carbocycles. The summed E-state index contributed by atoms with van der Waals surface area (Å²) in [6.45, 7) is 6.30. The van der Waals surface area contributed by atoms with E-state index >= 15 is 0 Å². The summed E-state index contributed by atoms with van der Waals surface area (Å²) in [6.07, 6.45) is 2.52. The molecule has 1 unspecified atom stereocenters. The summed E-state index contributed by atoms with van der Waals surface area (Å²) < 4.78 is 5.93. The molecule has 0 radical (unpaired) electrons. The van der Waals surface area contributed by atoms with Gasteiger partial charge in [-0.25, -0.2) is 0 Å². The molecule has 0 fully saturated rings. The van der Waals surface area contributed by atoms with E-state index in [1.807, 2.05) is 11.3 Å². The van der Waals surface area contributed by atoms with Gasteiger partial charge in [-0.3, -0.25) is 4.90 Å². The Morgan fingerprint density at radius 1 is 1.50 bits per heavy atom. The smallest absolute Gasteiger partial charge is 0.108 e. The van der Waals surface area contributed by atoms with Crippen molar-refractivity contribution < 1.29 is 4.74 Å². The molecule has 0 aliphatic carbocycles. The minimum Gasteiger partial charge on any atom is -0.363 e. The summed E-state index contributed by atoms with van der Waals surface area (Å²) in [7, 11) is 4.21. The Labute approximate surface area is 114 Å². The van der Waals surface area contributed by atoms with E-state index in [1.165, 1.54) is 12.0 Å². The molecule has 0 aromatic carbocycles. The van der Waals surface area contributed by atoms with Gasteiger partial charge in [0.2, 0.25) is 0 Å². The molecule has 1 atom stereocenters. The van der Waals surface area contributed by atoms with Crippen LogP contribution in [0.4, 0.5) is 0 Å². The van der Waals surface area contributed by atoms with E-state index in [4.69, 9.17) is 4.74 Å². The van der Waals surface area contributed by atoms with E-state index < -0.39 is 0 Å². The van der Waals surface area contributed by atoms with Crippen molar-refractivity contribution in [1.29, 1.82) is 0 Å². The van der Waals surface area contributed by atoms with Gasteiger partial charge in [0.05, 0.1) is 0 Å². The lowest BCUT2D eigenvalue weighted by Crippen LogP contribution is -2.39. The first-order chi connectivity index (χ1) is 8.66. The highest BCUT2D eigenvalue weighted by Crippen LogP contribution is 2.25. The molecular formula is C14H24N2OS. The number of nitrogens with zero attached hydrogens (tertiary/aromatic N) is 2. The Morgan fingerprint density at radius 2 is 2.33 bits per heavy atom. The summed E-state index contributed by atoms with van der Waals surface area (Å²) in [6, 6.07) is 2.25. The number of fused-ring (bicyclic) bond motifs is 1. The van der Waals surface area contributed by atoms with Gasteiger partial charge in [0, 0.05) is 24.6 Å². The van der Waals surface area contributed by atoms with Gasteiger partial charge < -0.3 is 9.64 Å². The fourth-order valence-electron chi connectivity index (χ4n) is 2.32. The summed E-state index contributed by atoms with van der Waals surface area (Å²) in [5.41, 5.74) is 1.50. The first-order valence-electron chi connectivity index (χ1n) is 6.72. The predicted molar refractivity (Wildman–Crippen MR) is 77.0 cm³/mol. The van der Waals surface area contributed by atoms with Gasteiger partial charge >= 0.3 is 0 Å². The second kappa shape index (κ2) is 6.66. The normalized spacial score (nSPS) is 18.0. The van der Waals surface area contributed by atoms with Crippen LogP contribution in [0.5, 0.6) is 0 Å². The second-order valence-electron chi connectivity index (χ2n) is 5.22. The van der Waals surface area contributed by atoms with E-state index in [1.54, 1.807) is 4.88 Å². The quantitative estimate of drug-likeness (QED) is 0.737. The van der Waals surface area contributed by atoms with Crippen molar-refractivity contribution in [1.82, 2.24) is 9.80 Å². The van der Waals surface area contributed by atoms with Gasteiger partial charge in [-0.05, 0) is 57.4 Å². The summed E-state index contributed by atoms with van der Waals surface area (Å²) >= 11 is 1.89. The third kappa shape index (κ3) is 3.79. The van der Waals surface area contributed by atoms with Crippen LogP contribution in [0.2, 0.25) is 0 Å². The molecule has 0 N–H and O–H groups in total. The van der Waals surface area contributed by atoms with E-state index in [2.05, 4.69) is 42.3 Å². The first-order valence-corrected chi connectivity index (χ1v) is 7.60. The highest BCUT2D eigenvalue weighted by atomic mass is 32.1. The number of hydrogen-bond donors (Lipinski definition) is 0. The van der Waals surface area contributed by atoms with Crippen LogP contribution in [0, 0.1) is 0 Å². The van der Waals surface area contributed by atoms with E-state index in [9.17, 15) is 0 Å². The van der Waals surface area contributed by atoms with Crippen molar-refractivity contribution >= 4 is 11.3 Å². The molecule has 1 aliphatic heterocycles. The minimum absolute atomic E-state index is 0.236. The van der Waals surface area contributed by atoms with E-state index in [-0.39, 0.29) is 6.23 Å². The zero-order valence-electron chi connectivity index (χ0n) is 11.7. The Bertz CT molecular complexity index is 364. The minimum atomic E-state index is 0.236. The average Bonchev–Trinajstić information content (AvgIpc) is 2.81. The van der Waals surface area contributed by atoms with Crippen LogP contribution in [0.15, 0.2) is 11.4 Å². The molecule has 1 aliphatic rings. The predicted octanol–water partition coefficient (Wildman–Crippen LogP) is 2.42. The molecule has 0 spiro atoms. The number of thiophene rings is 1. The molecule has 2 heterocycles. The Kier molecular flexibility index (Phi) is 5.18. The van der Waals surface area contributed by atoms with Crippen molar-refractivity contribution in [2.75, 3.05) is 33.8 Å². The lowest BCUT2D eigenvalue weighted by atomic mass is 10.1. The average molecular weight is 268 g/mol. The monoisotopic (exact) mass is 268 g/mol. The van der Waals surface area contributed by atoms with Gasteiger partial charge in [-0.15, -0.1) is 11.3 Å². The molecule has 1 aromatic rings. The SMILES string of the molecule is CC(OCCCN(C)C)N1CCc2sccc2C1. The van der Waals surface area contributed by atoms with Crippen molar-refractivity contribution in [2.24, 2.45) is 0 Å². The van der Waals surface area contributed by atoms with E-state index in [0.717, 1.165) is 32.7 Å². The molecule has 3 nitrogen and oxygen atoms in total. The topological polar surface area (TPSA) is 15.7 Å². The van der Waals surface area contributed by atoms with Crippen molar-refractivity contribution in [2.45, 2.75) is 32.5 Å². The third-order valence-corrected chi connectivity index (χ3v) is 4.48. The maximum absolute atomic E-state index is 5.93. The van der Waals surface area contributed by atoms with Crippen LogP contribution in [0.1, 0.15) is 23.8 Å². The summed E-state index contributed by atoms with van der Waals surface area (Å²) in [4.78, 5) is 6.20. The number of hydrogen-bond acceptors (Lipinski definition) is 4. The maximum atomic E-state index is 5.93. The largest absolute Gasteiger partial charge is 0.363 e. The van der Waals surface area contributed by atoms with Crippen LogP contribution < -0.4 is 0 Å². The van der Waals surface area contributed by atoms with Crippen LogP contribution >= 0.6 is 11.3 Å². The van der Waals surface area contributed by atoms with Gasteiger partial charge in [0.15, 0.2) is 0 Å². The van der Waals surface area contributed by atoms with Crippen LogP contribution in [-0.4, -0.2) is 49.8 Å². The van der Waals surface area contributed by atoms with Crippen molar-refractivity contribution in [3.63, 3.8) is 0 Å². The van der Waals surface area contributed by atoms with Crippen molar-refractivity contribution in [3.8, 4) is 0 Å². The molecule has 18 heavy (non-hydrogen) atoms. The fourth-order valence-corrected chi connectivity index (χ4v) is 3.21. The zero-order valence-corrected chi connectivity index (χ0v) is 12.5. The molecule has 2 rings (SSSR count). The third-order valence-electron chi connectivity index (χ3n) is 3.46. The Morgan fingerprint density at radius 3 is 3.11 bits per heavy atom. The standard InChI is InChI=1S/C14H24N2OS/c1-12(17-9-4-7-15(2)3)16-8-5-14-13(11-16)6-10-18-14/h6,10,12H,4-5,7-9,11H2,1-3H3. The molecular weight excluding hydrogens is 244 g/mol. The molecule has 1 aromatic heterocycles. The zero-order chi connectivity index (χ0) is 13.0. The lowest BCUT2D eigenvalue weighted by Gasteiger charge is -2.32. The first kappa shape index (κ1) is 14.0. The van der Waals surface area contributed by atoms with Gasteiger partial charge in [-0.1, -0.05) is 0 Å². The number of rotatable bonds is 6. The number of ether oxygens (including phenoxy) is 1. The molecule has 0 amide bonds. The van der Waals surface area contributed by atoms with Gasteiger partial charge in [0.1, 0.15) is 6.23 Å². The van der Waals surface area contributed by atoms with Gasteiger partial charge in [-0.2, -0.15) is 0 Å². The molecule has 4 heteroatoms. The Balaban J connectivity index is 1.72. The maximum Gasteiger partial charge on any atom is 0.108 e. The highest BCUT2D eigenvalue weighted by molar-refractivity contribution is 7.10. The lowest BCUT2D eigenvalue weighted by molar-refractivity contribution is -0.0554. The molecule has 102 valence electrons. The molecule has 0 bridgehead atoms. The van der Waals surface area contributed by atoms with Crippen LogP contribution in [0.3, 0.4) is 0 Å². The highest BCUT2D eigenvalue weighted by Gasteiger charge is 2.21.